The van der Waals surface area contributed by atoms with Crippen molar-refractivity contribution in [2.45, 2.75) is 18.5 Å². The van der Waals surface area contributed by atoms with E-state index in [0.29, 0.717) is 12.1 Å². The van der Waals surface area contributed by atoms with Crippen LogP contribution < -0.4 is 10.6 Å². The van der Waals surface area contributed by atoms with Gasteiger partial charge in [0, 0.05) is 25.2 Å². The molecule has 2 rings (SSSR count). The van der Waals surface area contributed by atoms with Gasteiger partial charge in [0.25, 0.3) is 0 Å². The standard InChI is InChI=1S/C5H10N2/c1-4-2-6-5(1)3-7-4/h4-7H,1-3H2/t4-,5-/m0/s1/i/hD. The summed E-state index contributed by atoms with van der Waals surface area (Å²) < 4.78 is 7.31. The zero-order valence-corrected chi connectivity index (χ0v) is 4.22. The second-order valence-electron chi connectivity index (χ2n) is 2.36. The van der Waals surface area contributed by atoms with Gasteiger partial charge in [0.1, 0.15) is 1.41 Å². The molecule has 0 unspecified atom stereocenters. The SMILES string of the molecule is [2H]N1C[C@@H]2C[C@H]1CN2. The van der Waals surface area contributed by atoms with Gasteiger partial charge in [0.15, 0.2) is 0 Å². The van der Waals surface area contributed by atoms with E-state index in [9.17, 15) is 0 Å². The van der Waals surface area contributed by atoms with Gasteiger partial charge in [0.05, 0.1) is 0 Å². The number of hydrogen-bond acceptors (Lipinski definition) is 2. The average Bonchev–Trinajstić information content (AvgIpc) is 2.23. The summed E-state index contributed by atoms with van der Waals surface area (Å²) in [5.41, 5.74) is 0. The lowest BCUT2D eigenvalue weighted by molar-refractivity contribution is 0.528. The van der Waals surface area contributed by atoms with Crippen molar-refractivity contribution in [2.75, 3.05) is 13.1 Å². The molecule has 2 nitrogen and oxygen atoms in total. The minimum absolute atomic E-state index is 0.528. The molecule has 2 aliphatic heterocycles. The third-order valence-electron chi connectivity index (χ3n) is 1.78. The Labute approximate surface area is 44.8 Å². The Morgan fingerprint density at radius 2 is 2.43 bits per heavy atom. The predicted octanol–water partition coefficient (Wildman–Crippen LogP) is -0.680. The van der Waals surface area contributed by atoms with Crippen LogP contribution in [-0.2, 0) is 0 Å². The molecule has 2 aliphatic rings. The van der Waals surface area contributed by atoms with Crippen molar-refractivity contribution in [3.63, 3.8) is 0 Å². The van der Waals surface area contributed by atoms with Gasteiger partial charge < -0.3 is 10.6 Å². The Hall–Kier alpha value is -0.0800. The van der Waals surface area contributed by atoms with Crippen LogP contribution in [0, 0.1) is 0 Å². The van der Waals surface area contributed by atoms with Crippen molar-refractivity contribution < 1.29 is 1.41 Å². The van der Waals surface area contributed by atoms with Crippen LogP contribution in [0.2, 0.25) is 1.41 Å². The Bertz CT molecular complexity index is 105. The molecule has 0 aliphatic carbocycles. The summed E-state index contributed by atoms with van der Waals surface area (Å²) in [7, 11) is 0. The van der Waals surface area contributed by atoms with Gasteiger partial charge >= 0.3 is 0 Å². The third-order valence-corrected chi connectivity index (χ3v) is 1.78. The summed E-state index contributed by atoms with van der Waals surface area (Å²) in [6.45, 7) is 1.97. The summed E-state index contributed by atoms with van der Waals surface area (Å²) >= 11 is 0. The topological polar surface area (TPSA) is 24.1 Å². The lowest BCUT2D eigenvalue weighted by atomic mass is 10.3. The lowest BCUT2D eigenvalue weighted by Crippen LogP contribution is -2.39. The number of nitrogens with one attached hydrogen (secondary N) is 2. The summed E-state index contributed by atoms with van der Waals surface area (Å²) in [4.78, 5) is 0. The highest BCUT2D eigenvalue weighted by molar-refractivity contribution is 4.94. The molecule has 2 atom stereocenters. The minimum Gasteiger partial charge on any atom is -0.311 e. The molecule has 0 aromatic rings. The van der Waals surface area contributed by atoms with E-state index in [1.807, 2.05) is 0 Å². The maximum absolute atomic E-state index is 7.31. The fourth-order valence-corrected chi connectivity index (χ4v) is 1.35. The largest absolute Gasteiger partial charge is 0.311 e. The molecule has 2 heterocycles. The Kier molecular flexibility index (Phi) is 0.523. The number of hydrogen-bond donors (Lipinski definition) is 2. The van der Waals surface area contributed by atoms with Gasteiger partial charge in [-0.15, -0.1) is 0 Å². The van der Waals surface area contributed by atoms with E-state index in [1.54, 1.807) is 5.31 Å². The number of rotatable bonds is 0. The summed E-state index contributed by atoms with van der Waals surface area (Å²) in [6, 6.07) is 1.16. The van der Waals surface area contributed by atoms with Crippen LogP contribution in [0.15, 0.2) is 0 Å². The molecule has 7 heavy (non-hydrogen) atoms. The molecular formula is C5H10N2. The zero-order valence-electron chi connectivity index (χ0n) is 5.22. The van der Waals surface area contributed by atoms with E-state index in [1.165, 1.54) is 6.42 Å². The molecule has 0 radical (unpaired) electrons. The van der Waals surface area contributed by atoms with Crippen molar-refractivity contribution in [3.05, 3.63) is 0 Å². The highest BCUT2D eigenvalue weighted by Crippen LogP contribution is 2.11. The Balaban J connectivity index is 2.11. The van der Waals surface area contributed by atoms with Crippen molar-refractivity contribution in [1.82, 2.24) is 10.6 Å². The van der Waals surface area contributed by atoms with E-state index in [4.69, 9.17) is 1.41 Å². The van der Waals surface area contributed by atoms with Crippen molar-refractivity contribution >= 4 is 0 Å². The Morgan fingerprint density at radius 1 is 1.43 bits per heavy atom. The summed E-state index contributed by atoms with van der Waals surface area (Å²) in [5.74, 6) is 0. The Morgan fingerprint density at radius 3 is 2.71 bits per heavy atom. The molecule has 0 aromatic carbocycles. The van der Waals surface area contributed by atoms with Crippen molar-refractivity contribution in [2.24, 2.45) is 0 Å². The van der Waals surface area contributed by atoms with Crippen LogP contribution in [0.3, 0.4) is 0 Å². The number of fused-ring (bicyclic) bond motifs is 2. The first-order valence-corrected chi connectivity index (χ1v) is 2.85. The van der Waals surface area contributed by atoms with Crippen LogP contribution in [-0.4, -0.2) is 25.2 Å². The molecule has 0 aromatic heterocycles. The van der Waals surface area contributed by atoms with Gasteiger partial charge in [0.2, 0.25) is 0 Å². The van der Waals surface area contributed by atoms with E-state index in [2.05, 4.69) is 5.32 Å². The van der Waals surface area contributed by atoms with Gasteiger partial charge in [-0.2, -0.15) is 0 Å². The molecule has 2 heteroatoms. The van der Waals surface area contributed by atoms with E-state index in [0.717, 1.165) is 13.1 Å². The van der Waals surface area contributed by atoms with Crippen molar-refractivity contribution in [3.8, 4) is 0 Å². The van der Waals surface area contributed by atoms with Crippen LogP contribution in [0.1, 0.15) is 6.42 Å². The highest BCUT2D eigenvalue weighted by atomic mass is 15.1. The van der Waals surface area contributed by atoms with E-state index in [-0.39, 0.29) is 0 Å². The summed E-state index contributed by atoms with van der Waals surface area (Å²) in [5, 5.41) is 5.02. The third kappa shape index (κ3) is 0.469. The maximum Gasteiger partial charge on any atom is 0.123 e. The quantitative estimate of drug-likeness (QED) is 0.420. The lowest BCUT2D eigenvalue weighted by Gasteiger charge is -2.10. The predicted molar refractivity (Wildman–Crippen MR) is 28.2 cm³/mol. The van der Waals surface area contributed by atoms with Crippen LogP contribution in [0.4, 0.5) is 0 Å². The van der Waals surface area contributed by atoms with Gasteiger partial charge in [-0.3, -0.25) is 0 Å². The van der Waals surface area contributed by atoms with E-state index < -0.39 is 0 Å². The zero-order chi connectivity index (χ0) is 5.56. The second-order valence-corrected chi connectivity index (χ2v) is 2.36. The summed E-state index contributed by atoms with van der Waals surface area (Å²) in [6.07, 6.45) is 1.20. The van der Waals surface area contributed by atoms with Gasteiger partial charge in [-0.1, -0.05) is 0 Å². The van der Waals surface area contributed by atoms with E-state index >= 15 is 0 Å². The monoisotopic (exact) mass is 99.1 g/mol. The second kappa shape index (κ2) is 1.20. The molecule has 2 saturated heterocycles. The van der Waals surface area contributed by atoms with Gasteiger partial charge in [-0.05, 0) is 6.42 Å². The average molecular weight is 99.2 g/mol. The molecule has 2 bridgehead atoms. The van der Waals surface area contributed by atoms with Crippen LogP contribution >= 0.6 is 0 Å². The molecule has 40 valence electrons. The number of piperazine rings is 1. The molecule has 0 spiro atoms. The molecule has 2 fully saturated rings. The normalized spacial score (nSPS) is 52.9. The fourth-order valence-electron chi connectivity index (χ4n) is 1.35. The van der Waals surface area contributed by atoms with Gasteiger partial charge in [-0.25, -0.2) is 0 Å². The fraction of sp³-hybridized carbons (Fsp3) is 1.00. The maximum atomic E-state index is 7.31. The molecular weight excluding hydrogens is 88.1 g/mol. The minimum atomic E-state index is 0.528. The van der Waals surface area contributed by atoms with Crippen molar-refractivity contribution in [1.29, 1.82) is 0 Å². The molecule has 2 N–H and O–H groups in total. The first-order valence-electron chi connectivity index (χ1n) is 3.30. The smallest absolute Gasteiger partial charge is 0.123 e. The molecule has 0 amide bonds. The van der Waals surface area contributed by atoms with Crippen LogP contribution in [0.5, 0.6) is 0 Å². The van der Waals surface area contributed by atoms with Crippen LogP contribution in [0.25, 0.3) is 0 Å². The molecule has 0 saturated carbocycles. The highest BCUT2D eigenvalue weighted by Gasteiger charge is 2.29. The first kappa shape index (κ1) is 3.05. The first-order chi connectivity index (χ1) is 3.86.